The minimum Gasteiger partial charge on any atom is -0.450 e. The first-order valence-corrected chi connectivity index (χ1v) is 7.19. The quantitative estimate of drug-likeness (QED) is 0.858. The molecule has 1 aromatic heterocycles. The molecule has 1 amide bonds. The van der Waals surface area contributed by atoms with Gasteiger partial charge in [0.2, 0.25) is 5.78 Å². The highest BCUT2D eigenvalue weighted by atomic mass is 16.5. The zero-order valence-corrected chi connectivity index (χ0v) is 12.6. The van der Waals surface area contributed by atoms with Crippen LogP contribution in [-0.2, 0) is 11.2 Å². The Morgan fingerprint density at radius 1 is 1.09 bits per heavy atom. The second-order valence-electron chi connectivity index (χ2n) is 4.59. The molecule has 1 aromatic carbocycles. The van der Waals surface area contributed by atoms with Crippen LogP contribution in [0.3, 0.4) is 0 Å². The standard InChI is InChI=1S/C17H18N2O3/c1-3-13-10-11-14(19-17(21)22-4-2)15(18-13)16(20)12-8-6-5-7-9-12/h5-11H,3-4H2,1-2H3,(H,19,21). The van der Waals surface area contributed by atoms with Gasteiger partial charge in [-0.05, 0) is 25.5 Å². The first kappa shape index (κ1) is 15.7. The number of rotatable bonds is 5. The molecule has 1 heterocycles. The highest BCUT2D eigenvalue weighted by Crippen LogP contribution is 2.19. The number of carbonyl (C=O) groups is 2. The Kier molecular flexibility index (Phi) is 5.25. The summed E-state index contributed by atoms with van der Waals surface area (Å²) < 4.78 is 4.85. The lowest BCUT2D eigenvalue weighted by atomic mass is 10.1. The van der Waals surface area contributed by atoms with Crippen molar-refractivity contribution >= 4 is 17.6 Å². The summed E-state index contributed by atoms with van der Waals surface area (Å²) in [7, 11) is 0. The summed E-state index contributed by atoms with van der Waals surface area (Å²) in [4.78, 5) is 28.6. The average Bonchev–Trinajstić information content (AvgIpc) is 2.55. The summed E-state index contributed by atoms with van der Waals surface area (Å²) >= 11 is 0. The number of amides is 1. The van der Waals surface area contributed by atoms with Crippen molar-refractivity contribution < 1.29 is 14.3 Å². The average molecular weight is 298 g/mol. The first-order valence-electron chi connectivity index (χ1n) is 7.19. The van der Waals surface area contributed by atoms with E-state index in [1.54, 1.807) is 43.3 Å². The number of benzene rings is 1. The normalized spacial score (nSPS) is 10.1. The van der Waals surface area contributed by atoms with Crippen molar-refractivity contribution in [2.75, 3.05) is 11.9 Å². The van der Waals surface area contributed by atoms with E-state index in [1.165, 1.54) is 0 Å². The van der Waals surface area contributed by atoms with Crippen LogP contribution in [-0.4, -0.2) is 23.5 Å². The number of nitrogens with one attached hydrogen (secondary N) is 1. The van der Waals surface area contributed by atoms with Crippen LogP contribution in [0.15, 0.2) is 42.5 Å². The summed E-state index contributed by atoms with van der Waals surface area (Å²) in [5.74, 6) is -0.234. The lowest BCUT2D eigenvalue weighted by molar-refractivity contribution is 0.103. The summed E-state index contributed by atoms with van der Waals surface area (Å²) in [6, 6.07) is 12.3. The van der Waals surface area contributed by atoms with Crippen molar-refractivity contribution in [3.8, 4) is 0 Å². The lowest BCUT2D eigenvalue weighted by Crippen LogP contribution is -2.17. The highest BCUT2D eigenvalue weighted by molar-refractivity contribution is 6.12. The molecule has 0 aliphatic carbocycles. The van der Waals surface area contributed by atoms with Crippen LogP contribution in [0.5, 0.6) is 0 Å². The van der Waals surface area contributed by atoms with E-state index in [9.17, 15) is 9.59 Å². The van der Waals surface area contributed by atoms with Gasteiger partial charge in [-0.25, -0.2) is 9.78 Å². The Morgan fingerprint density at radius 3 is 2.45 bits per heavy atom. The Bertz CT molecular complexity index is 669. The first-order chi connectivity index (χ1) is 10.7. The fraction of sp³-hybridized carbons (Fsp3) is 0.235. The van der Waals surface area contributed by atoms with E-state index < -0.39 is 6.09 Å². The predicted molar refractivity (Wildman–Crippen MR) is 84.1 cm³/mol. The van der Waals surface area contributed by atoms with Crippen LogP contribution < -0.4 is 5.32 Å². The fourth-order valence-electron chi connectivity index (χ4n) is 1.97. The molecule has 0 spiro atoms. The topological polar surface area (TPSA) is 68.3 Å². The van der Waals surface area contributed by atoms with Gasteiger partial charge in [-0.15, -0.1) is 0 Å². The number of carbonyl (C=O) groups excluding carboxylic acids is 2. The lowest BCUT2D eigenvalue weighted by Gasteiger charge is -2.11. The van der Waals surface area contributed by atoms with Crippen molar-refractivity contribution in [2.24, 2.45) is 0 Å². The molecule has 0 saturated heterocycles. The molecule has 5 nitrogen and oxygen atoms in total. The molecule has 114 valence electrons. The maximum absolute atomic E-state index is 12.6. The molecular formula is C17H18N2O3. The number of ether oxygens (including phenoxy) is 1. The SMILES string of the molecule is CCOC(=O)Nc1ccc(CC)nc1C(=O)c1ccccc1. The summed E-state index contributed by atoms with van der Waals surface area (Å²) in [5.41, 5.74) is 1.88. The molecule has 22 heavy (non-hydrogen) atoms. The fourth-order valence-corrected chi connectivity index (χ4v) is 1.97. The van der Waals surface area contributed by atoms with Gasteiger partial charge in [-0.2, -0.15) is 0 Å². The molecule has 0 aliphatic rings. The number of aromatic nitrogens is 1. The Morgan fingerprint density at radius 2 is 1.82 bits per heavy atom. The molecule has 0 unspecified atom stereocenters. The van der Waals surface area contributed by atoms with E-state index in [2.05, 4.69) is 10.3 Å². The number of anilines is 1. The minimum atomic E-state index is -0.601. The van der Waals surface area contributed by atoms with Crippen molar-refractivity contribution in [1.82, 2.24) is 4.98 Å². The number of nitrogens with zero attached hydrogens (tertiary/aromatic N) is 1. The molecule has 0 bridgehead atoms. The Balaban J connectivity index is 2.38. The van der Waals surface area contributed by atoms with Crippen molar-refractivity contribution in [3.05, 3.63) is 59.4 Å². The molecule has 0 fully saturated rings. The van der Waals surface area contributed by atoms with Crippen molar-refractivity contribution in [2.45, 2.75) is 20.3 Å². The van der Waals surface area contributed by atoms with Gasteiger partial charge < -0.3 is 4.74 Å². The molecule has 2 rings (SSSR count). The van der Waals surface area contributed by atoms with E-state index >= 15 is 0 Å². The smallest absolute Gasteiger partial charge is 0.411 e. The van der Waals surface area contributed by atoms with Crippen molar-refractivity contribution in [3.63, 3.8) is 0 Å². The van der Waals surface area contributed by atoms with Gasteiger partial charge in [-0.3, -0.25) is 10.1 Å². The molecule has 5 heteroatoms. The number of ketones is 1. The van der Waals surface area contributed by atoms with Gasteiger partial charge >= 0.3 is 6.09 Å². The van der Waals surface area contributed by atoms with E-state index in [0.717, 1.165) is 5.69 Å². The van der Waals surface area contributed by atoms with Crippen LogP contribution in [0.4, 0.5) is 10.5 Å². The zero-order chi connectivity index (χ0) is 15.9. The monoisotopic (exact) mass is 298 g/mol. The van der Waals surface area contributed by atoms with Gasteiger partial charge in [0, 0.05) is 11.3 Å². The van der Waals surface area contributed by atoms with Crippen LogP contribution in [0.25, 0.3) is 0 Å². The molecule has 0 radical (unpaired) electrons. The van der Waals surface area contributed by atoms with E-state index in [-0.39, 0.29) is 18.1 Å². The summed E-state index contributed by atoms with van der Waals surface area (Å²) in [6.07, 6.45) is 0.102. The van der Waals surface area contributed by atoms with E-state index in [4.69, 9.17) is 4.74 Å². The van der Waals surface area contributed by atoms with Gasteiger partial charge in [0.25, 0.3) is 0 Å². The number of hydrogen-bond acceptors (Lipinski definition) is 4. The van der Waals surface area contributed by atoms with Crippen LogP contribution in [0.1, 0.15) is 35.6 Å². The van der Waals surface area contributed by atoms with E-state index in [1.807, 2.05) is 13.0 Å². The Hall–Kier alpha value is -2.69. The second kappa shape index (κ2) is 7.36. The van der Waals surface area contributed by atoms with E-state index in [0.29, 0.717) is 17.7 Å². The predicted octanol–water partition coefficient (Wildman–Crippen LogP) is 3.44. The van der Waals surface area contributed by atoms with Crippen LogP contribution >= 0.6 is 0 Å². The molecule has 2 aromatic rings. The Labute approximate surface area is 129 Å². The van der Waals surface area contributed by atoms with Gasteiger partial charge in [-0.1, -0.05) is 37.3 Å². The largest absolute Gasteiger partial charge is 0.450 e. The highest BCUT2D eigenvalue weighted by Gasteiger charge is 2.17. The maximum atomic E-state index is 12.6. The number of aryl methyl sites for hydroxylation is 1. The third-order valence-corrected chi connectivity index (χ3v) is 3.08. The van der Waals surface area contributed by atoms with Gasteiger partial charge in [0.1, 0.15) is 5.69 Å². The minimum absolute atomic E-state index is 0.221. The van der Waals surface area contributed by atoms with Crippen LogP contribution in [0.2, 0.25) is 0 Å². The van der Waals surface area contributed by atoms with Crippen LogP contribution in [0, 0.1) is 0 Å². The van der Waals surface area contributed by atoms with Gasteiger partial charge in [0.15, 0.2) is 0 Å². The summed E-state index contributed by atoms with van der Waals surface area (Å²) in [5, 5.41) is 2.57. The molecular weight excluding hydrogens is 280 g/mol. The molecule has 0 atom stereocenters. The summed E-state index contributed by atoms with van der Waals surface area (Å²) in [6.45, 7) is 3.93. The molecule has 1 N–H and O–H groups in total. The third kappa shape index (κ3) is 3.69. The molecule has 0 saturated carbocycles. The van der Waals surface area contributed by atoms with Gasteiger partial charge in [0.05, 0.1) is 12.3 Å². The maximum Gasteiger partial charge on any atom is 0.411 e. The molecule has 0 aliphatic heterocycles. The zero-order valence-electron chi connectivity index (χ0n) is 12.6. The third-order valence-electron chi connectivity index (χ3n) is 3.08. The number of hydrogen-bond donors (Lipinski definition) is 1. The van der Waals surface area contributed by atoms with Crippen molar-refractivity contribution in [1.29, 1.82) is 0 Å². The second-order valence-corrected chi connectivity index (χ2v) is 4.59. The number of pyridine rings is 1.